The highest BCUT2D eigenvalue weighted by Crippen LogP contribution is 2.38. The molecule has 0 bridgehead atoms. The molecule has 0 spiro atoms. The molecular weight excluding hydrogens is 200 g/mol. The van der Waals surface area contributed by atoms with Crippen LogP contribution in [0.2, 0.25) is 0 Å². The average molecular weight is 218 g/mol. The molecule has 2 heteroatoms. The van der Waals surface area contributed by atoms with Crippen LogP contribution in [0.25, 0.3) is 0 Å². The zero-order chi connectivity index (χ0) is 11.0. The van der Waals surface area contributed by atoms with Gasteiger partial charge in [-0.3, -0.25) is 0 Å². The van der Waals surface area contributed by atoms with Crippen molar-refractivity contribution in [1.29, 1.82) is 0 Å². The van der Waals surface area contributed by atoms with Gasteiger partial charge in [-0.25, -0.2) is 0 Å². The molecule has 16 heavy (non-hydrogen) atoms. The first-order valence-corrected chi connectivity index (χ1v) is 6.14. The van der Waals surface area contributed by atoms with Crippen molar-refractivity contribution in [3.8, 4) is 0 Å². The lowest BCUT2D eigenvalue weighted by Gasteiger charge is -2.12. The first-order valence-electron chi connectivity index (χ1n) is 6.14. The number of hydrogen-bond acceptors (Lipinski definition) is 2. The van der Waals surface area contributed by atoms with Gasteiger partial charge >= 0.3 is 0 Å². The topological polar surface area (TPSA) is 29.5 Å². The molecule has 2 fully saturated rings. The number of aliphatic hydroxyl groups is 1. The summed E-state index contributed by atoms with van der Waals surface area (Å²) in [5.41, 5.74) is 2.26. The van der Waals surface area contributed by atoms with E-state index >= 15 is 0 Å². The Labute approximate surface area is 96.2 Å². The highest BCUT2D eigenvalue weighted by Gasteiger charge is 2.40. The highest BCUT2D eigenvalue weighted by molar-refractivity contribution is 5.29. The van der Waals surface area contributed by atoms with E-state index in [0.29, 0.717) is 5.92 Å². The van der Waals surface area contributed by atoms with Gasteiger partial charge in [0.25, 0.3) is 0 Å². The molecule has 0 amide bonds. The average Bonchev–Trinajstić information content (AvgIpc) is 2.84. The lowest BCUT2D eigenvalue weighted by Crippen LogP contribution is -2.11. The predicted octanol–water partition coefficient (Wildman–Crippen LogP) is 2.26. The first-order chi connectivity index (χ1) is 7.75. The van der Waals surface area contributed by atoms with E-state index < -0.39 is 0 Å². The predicted molar refractivity (Wildman–Crippen MR) is 62.5 cm³/mol. The van der Waals surface area contributed by atoms with Crippen molar-refractivity contribution in [3.05, 3.63) is 35.4 Å². The van der Waals surface area contributed by atoms with Gasteiger partial charge in [0, 0.05) is 18.9 Å². The van der Waals surface area contributed by atoms with Crippen molar-refractivity contribution in [2.24, 2.45) is 0 Å². The lowest BCUT2D eigenvalue weighted by molar-refractivity contribution is 0.151. The molecule has 1 aliphatic heterocycles. The van der Waals surface area contributed by atoms with E-state index in [1.165, 1.54) is 11.1 Å². The van der Waals surface area contributed by atoms with Crippen LogP contribution in [0.1, 0.15) is 36.3 Å². The van der Waals surface area contributed by atoms with Crippen LogP contribution in [0.3, 0.4) is 0 Å². The molecule has 86 valence electrons. The maximum Gasteiger partial charge on any atom is 0.0690 e. The van der Waals surface area contributed by atoms with Crippen LogP contribution in [-0.2, 0) is 11.2 Å². The summed E-state index contributed by atoms with van der Waals surface area (Å²) in [5.74, 6) is 0.564. The van der Waals surface area contributed by atoms with Crippen LogP contribution < -0.4 is 0 Å². The molecule has 1 heterocycles. The minimum atomic E-state index is -0.384. The maximum absolute atomic E-state index is 9.91. The molecular formula is C14H18O2. The van der Waals surface area contributed by atoms with E-state index in [0.717, 1.165) is 38.9 Å². The molecule has 2 aliphatic rings. The minimum Gasteiger partial charge on any atom is -0.390 e. The molecule has 0 aromatic heterocycles. The monoisotopic (exact) mass is 218 g/mol. The van der Waals surface area contributed by atoms with Crippen LogP contribution >= 0.6 is 0 Å². The minimum absolute atomic E-state index is 0.384. The number of ether oxygens (including phenoxy) is 1. The van der Waals surface area contributed by atoms with Gasteiger partial charge in [-0.1, -0.05) is 24.3 Å². The first kappa shape index (κ1) is 10.3. The second kappa shape index (κ2) is 3.86. The van der Waals surface area contributed by atoms with Gasteiger partial charge < -0.3 is 9.84 Å². The summed E-state index contributed by atoms with van der Waals surface area (Å²) in [7, 11) is 0. The van der Waals surface area contributed by atoms with E-state index in [2.05, 4.69) is 24.3 Å². The fourth-order valence-corrected chi connectivity index (χ4v) is 2.46. The lowest BCUT2D eigenvalue weighted by atomic mass is 9.95. The highest BCUT2D eigenvalue weighted by atomic mass is 16.5. The third-order valence-corrected chi connectivity index (χ3v) is 3.71. The van der Waals surface area contributed by atoms with Gasteiger partial charge in [0.05, 0.1) is 12.2 Å². The van der Waals surface area contributed by atoms with Gasteiger partial charge in [-0.2, -0.15) is 0 Å². The number of hydrogen-bond donors (Lipinski definition) is 1. The van der Waals surface area contributed by atoms with Crippen molar-refractivity contribution in [2.75, 3.05) is 13.2 Å². The normalized spacial score (nSPS) is 26.9. The van der Waals surface area contributed by atoms with E-state index in [1.54, 1.807) is 0 Å². The van der Waals surface area contributed by atoms with Gasteiger partial charge in [0.15, 0.2) is 0 Å². The van der Waals surface area contributed by atoms with Gasteiger partial charge in [0.2, 0.25) is 0 Å². The standard InChI is InChI=1S/C14H18O2/c15-14(5-6-14)9-11-2-1-3-12(8-11)13-4-7-16-10-13/h1-3,8,13,15H,4-7,9-10H2. The van der Waals surface area contributed by atoms with Crippen molar-refractivity contribution in [3.63, 3.8) is 0 Å². The number of benzene rings is 1. The zero-order valence-electron chi connectivity index (χ0n) is 9.48. The SMILES string of the molecule is OC1(Cc2cccc(C3CCOC3)c2)CC1. The fourth-order valence-electron chi connectivity index (χ4n) is 2.46. The quantitative estimate of drug-likeness (QED) is 0.843. The molecule has 1 aromatic rings. The largest absolute Gasteiger partial charge is 0.390 e. The van der Waals surface area contributed by atoms with Crippen molar-refractivity contribution in [1.82, 2.24) is 0 Å². The third-order valence-electron chi connectivity index (χ3n) is 3.71. The maximum atomic E-state index is 9.91. The van der Waals surface area contributed by atoms with E-state index in [1.807, 2.05) is 0 Å². The summed E-state index contributed by atoms with van der Waals surface area (Å²) >= 11 is 0. The van der Waals surface area contributed by atoms with E-state index in [-0.39, 0.29) is 5.60 Å². The van der Waals surface area contributed by atoms with Crippen LogP contribution in [-0.4, -0.2) is 23.9 Å². The Morgan fingerprint density at radius 3 is 2.94 bits per heavy atom. The summed E-state index contributed by atoms with van der Waals surface area (Å²) < 4.78 is 5.42. The Bertz CT molecular complexity index is 376. The zero-order valence-corrected chi connectivity index (χ0v) is 9.48. The van der Waals surface area contributed by atoms with Crippen LogP contribution in [0, 0.1) is 0 Å². The molecule has 1 N–H and O–H groups in total. The molecule has 1 unspecified atom stereocenters. The molecule has 0 radical (unpaired) electrons. The number of rotatable bonds is 3. The smallest absolute Gasteiger partial charge is 0.0690 e. The molecule has 1 aromatic carbocycles. The van der Waals surface area contributed by atoms with Crippen LogP contribution in [0.15, 0.2) is 24.3 Å². The fraction of sp³-hybridized carbons (Fsp3) is 0.571. The van der Waals surface area contributed by atoms with Crippen LogP contribution in [0.5, 0.6) is 0 Å². The van der Waals surface area contributed by atoms with E-state index in [4.69, 9.17) is 4.74 Å². The molecule has 2 nitrogen and oxygen atoms in total. The molecule has 1 atom stereocenters. The second-order valence-corrected chi connectivity index (χ2v) is 5.21. The summed E-state index contributed by atoms with van der Waals surface area (Å²) in [4.78, 5) is 0. The molecule has 1 aliphatic carbocycles. The van der Waals surface area contributed by atoms with Gasteiger partial charge in [-0.15, -0.1) is 0 Å². The van der Waals surface area contributed by atoms with Crippen molar-refractivity contribution < 1.29 is 9.84 Å². The second-order valence-electron chi connectivity index (χ2n) is 5.21. The molecule has 3 rings (SSSR count). The summed E-state index contributed by atoms with van der Waals surface area (Å²) in [6.07, 6.45) is 3.87. The van der Waals surface area contributed by atoms with E-state index in [9.17, 15) is 5.11 Å². The van der Waals surface area contributed by atoms with Gasteiger partial charge in [-0.05, 0) is 30.4 Å². The molecule has 1 saturated carbocycles. The Kier molecular flexibility index (Phi) is 2.49. The van der Waals surface area contributed by atoms with Gasteiger partial charge in [0.1, 0.15) is 0 Å². The Hall–Kier alpha value is -0.860. The summed E-state index contributed by atoms with van der Waals surface area (Å²) in [5, 5.41) is 9.91. The Morgan fingerprint density at radius 2 is 2.25 bits per heavy atom. The van der Waals surface area contributed by atoms with Crippen molar-refractivity contribution in [2.45, 2.75) is 37.2 Å². The van der Waals surface area contributed by atoms with Crippen molar-refractivity contribution >= 4 is 0 Å². The Balaban J connectivity index is 1.76. The third kappa shape index (κ3) is 2.13. The van der Waals surface area contributed by atoms with Crippen LogP contribution in [0.4, 0.5) is 0 Å². The molecule has 1 saturated heterocycles. The Morgan fingerprint density at radius 1 is 1.38 bits per heavy atom. The summed E-state index contributed by atoms with van der Waals surface area (Å²) in [6, 6.07) is 8.65. The summed E-state index contributed by atoms with van der Waals surface area (Å²) in [6.45, 7) is 1.74.